The predicted octanol–water partition coefficient (Wildman–Crippen LogP) is 3.71. The van der Waals surface area contributed by atoms with Gasteiger partial charge in [0.15, 0.2) is 11.5 Å². The lowest BCUT2D eigenvalue weighted by Gasteiger charge is -2.11. The van der Waals surface area contributed by atoms with E-state index in [-0.39, 0.29) is 5.91 Å². The molecule has 118 valence electrons. The average Bonchev–Trinajstić information content (AvgIpc) is 2.79. The average molecular weight is 337 g/mol. The number of likely N-dealkylation sites (N-methyl/N-ethyl adjacent to an activating group) is 1. The van der Waals surface area contributed by atoms with Crippen LogP contribution in [0.3, 0.4) is 0 Å². The number of hydrogen-bond donors (Lipinski definition) is 0. The highest BCUT2D eigenvalue weighted by atomic mass is 32.2. The summed E-state index contributed by atoms with van der Waals surface area (Å²) in [5, 5.41) is 0. The van der Waals surface area contributed by atoms with Gasteiger partial charge in [-0.3, -0.25) is 9.69 Å². The van der Waals surface area contributed by atoms with Gasteiger partial charge in [-0.2, -0.15) is 0 Å². The van der Waals surface area contributed by atoms with Gasteiger partial charge in [0, 0.05) is 6.54 Å². The molecule has 0 bridgehead atoms. The van der Waals surface area contributed by atoms with Crippen molar-refractivity contribution in [1.29, 1.82) is 0 Å². The van der Waals surface area contributed by atoms with Gasteiger partial charge < -0.3 is 9.47 Å². The van der Waals surface area contributed by atoms with Crippen molar-refractivity contribution in [3.05, 3.63) is 28.7 Å². The zero-order chi connectivity index (χ0) is 16.1. The molecule has 1 aromatic rings. The zero-order valence-electron chi connectivity index (χ0n) is 12.9. The fraction of sp³-hybridized carbons (Fsp3) is 0.375. The summed E-state index contributed by atoms with van der Waals surface area (Å²) in [6.45, 7) is 5.20. The molecule has 1 aliphatic heterocycles. The molecule has 0 unspecified atom stereocenters. The summed E-state index contributed by atoms with van der Waals surface area (Å²) in [5.41, 5.74) is 0.886. The van der Waals surface area contributed by atoms with Gasteiger partial charge in [-0.25, -0.2) is 0 Å². The predicted molar refractivity (Wildman–Crippen MR) is 94.3 cm³/mol. The van der Waals surface area contributed by atoms with Gasteiger partial charge in [0.2, 0.25) is 0 Å². The monoisotopic (exact) mass is 337 g/mol. The van der Waals surface area contributed by atoms with E-state index in [4.69, 9.17) is 21.7 Å². The Balaban J connectivity index is 2.25. The lowest BCUT2D eigenvalue weighted by Crippen LogP contribution is -2.27. The fourth-order valence-corrected chi connectivity index (χ4v) is 3.41. The van der Waals surface area contributed by atoms with Gasteiger partial charge >= 0.3 is 0 Å². The number of nitrogens with zero attached hydrogens (tertiary/aromatic N) is 1. The minimum absolute atomic E-state index is 0.0391. The van der Waals surface area contributed by atoms with Gasteiger partial charge in [-0.15, -0.1) is 0 Å². The first-order valence-corrected chi connectivity index (χ1v) is 8.39. The molecular formula is C16H19NO3S2. The van der Waals surface area contributed by atoms with Crippen LogP contribution in [0, 0.1) is 0 Å². The van der Waals surface area contributed by atoms with Gasteiger partial charge in [0.25, 0.3) is 5.91 Å². The van der Waals surface area contributed by atoms with Crippen molar-refractivity contribution >= 4 is 40.3 Å². The molecule has 1 fully saturated rings. The second-order valence-corrected chi connectivity index (χ2v) is 6.36. The lowest BCUT2D eigenvalue weighted by atomic mass is 10.2. The Bertz CT molecular complexity index is 613. The molecule has 22 heavy (non-hydrogen) atoms. The molecule has 0 saturated carbocycles. The van der Waals surface area contributed by atoms with Crippen LogP contribution >= 0.6 is 24.0 Å². The van der Waals surface area contributed by atoms with E-state index in [1.54, 1.807) is 12.0 Å². The summed E-state index contributed by atoms with van der Waals surface area (Å²) in [7, 11) is 1.61. The van der Waals surface area contributed by atoms with Crippen LogP contribution in [0.25, 0.3) is 6.08 Å². The summed E-state index contributed by atoms with van der Waals surface area (Å²) in [5.74, 6) is 1.33. The number of carbonyl (C=O) groups excluding carboxylic acids is 1. The molecule has 1 aliphatic rings. The Morgan fingerprint density at radius 2 is 2.09 bits per heavy atom. The minimum atomic E-state index is -0.0391. The second kappa shape index (κ2) is 7.65. The van der Waals surface area contributed by atoms with Crippen LogP contribution in [-0.2, 0) is 4.79 Å². The van der Waals surface area contributed by atoms with Crippen molar-refractivity contribution in [3.8, 4) is 11.5 Å². The van der Waals surface area contributed by atoms with E-state index < -0.39 is 0 Å². The molecule has 1 saturated heterocycles. The van der Waals surface area contributed by atoms with Gasteiger partial charge in [0.1, 0.15) is 4.32 Å². The molecule has 1 amide bonds. The maximum Gasteiger partial charge on any atom is 0.266 e. The van der Waals surface area contributed by atoms with Crippen molar-refractivity contribution in [2.45, 2.75) is 20.3 Å². The molecule has 4 nitrogen and oxygen atoms in total. The molecule has 0 N–H and O–H groups in total. The zero-order valence-corrected chi connectivity index (χ0v) is 14.6. The molecule has 2 rings (SSSR count). The number of methoxy groups -OCH3 is 1. The topological polar surface area (TPSA) is 38.8 Å². The number of ether oxygens (including phenoxy) is 2. The van der Waals surface area contributed by atoms with E-state index in [9.17, 15) is 4.79 Å². The van der Waals surface area contributed by atoms with Crippen LogP contribution in [0.15, 0.2) is 23.1 Å². The number of rotatable bonds is 6. The minimum Gasteiger partial charge on any atom is -0.493 e. The first-order chi connectivity index (χ1) is 10.6. The Hall–Kier alpha value is -1.53. The summed E-state index contributed by atoms with van der Waals surface area (Å²) in [4.78, 5) is 14.4. The Morgan fingerprint density at radius 3 is 2.68 bits per heavy atom. The first kappa shape index (κ1) is 16.8. The van der Waals surface area contributed by atoms with Crippen molar-refractivity contribution in [3.63, 3.8) is 0 Å². The normalized spacial score (nSPS) is 16.5. The van der Waals surface area contributed by atoms with E-state index in [0.717, 1.165) is 12.0 Å². The smallest absolute Gasteiger partial charge is 0.266 e. The number of amides is 1. The maximum absolute atomic E-state index is 12.2. The molecule has 0 radical (unpaired) electrons. The van der Waals surface area contributed by atoms with Crippen LogP contribution in [0.1, 0.15) is 25.8 Å². The van der Waals surface area contributed by atoms with E-state index >= 15 is 0 Å². The maximum atomic E-state index is 12.2. The highest BCUT2D eigenvalue weighted by Gasteiger charge is 2.30. The largest absolute Gasteiger partial charge is 0.493 e. The standard InChI is InChI=1S/C16H19NO3S2/c1-4-8-20-12-7-6-11(9-13(12)19-3)10-14-15(18)17(5-2)16(21)22-14/h6-7,9-10H,4-5,8H2,1-3H3/b14-10-. The fourth-order valence-electron chi connectivity index (χ4n) is 2.03. The summed E-state index contributed by atoms with van der Waals surface area (Å²) in [6.07, 6.45) is 2.77. The molecule has 0 aliphatic carbocycles. The molecule has 0 aromatic heterocycles. The summed E-state index contributed by atoms with van der Waals surface area (Å²) in [6, 6.07) is 5.64. The van der Waals surface area contributed by atoms with Gasteiger partial charge in [-0.1, -0.05) is 37.0 Å². The van der Waals surface area contributed by atoms with Crippen LogP contribution in [0.5, 0.6) is 11.5 Å². The molecule has 1 aromatic carbocycles. The highest BCUT2D eigenvalue weighted by Crippen LogP contribution is 2.34. The highest BCUT2D eigenvalue weighted by molar-refractivity contribution is 8.26. The Morgan fingerprint density at radius 1 is 1.32 bits per heavy atom. The molecule has 6 heteroatoms. The van der Waals surface area contributed by atoms with Gasteiger partial charge in [0.05, 0.1) is 18.6 Å². The molecule has 0 atom stereocenters. The molecular weight excluding hydrogens is 318 g/mol. The van der Waals surface area contributed by atoms with Crippen LogP contribution < -0.4 is 9.47 Å². The Kier molecular flexibility index (Phi) is 5.85. The van der Waals surface area contributed by atoms with Crippen LogP contribution in [-0.4, -0.2) is 35.4 Å². The van der Waals surface area contributed by atoms with E-state index in [1.165, 1.54) is 11.8 Å². The summed E-state index contributed by atoms with van der Waals surface area (Å²) < 4.78 is 11.6. The van der Waals surface area contributed by atoms with Crippen LogP contribution in [0.2, 0.25) is 0 Å². The number of carbonyl (C=O) groups is 1. The van der Waals surface area contributed by atoms with Crippen molar-refractivity contribution in [1.82, 2.24) is 4.90 Å². The third-order valence-corrected chi connectivity index (χ3v) is 4.51. The van der Waals surface area contributed by atoms with Crippen molar-refractivity contribution < 1.29 is 14.3 Å². The van der Waals surface area contributed by atoms with E-state index in [0.29, 0.717) is 33.9 Å². The third-order valence-electron chi connectivity index (χ3n) is 3.14. The SMILES string of the molecule is CCCOc1ccc(/C=C2\SC(=S)N(CC)C2=O)cc1OC. The summed E-state index contributed by atoms with van der Waals surface area (Å²) >= 11 is 6.54. The molecule has 0 spiro atoms. The second-order valence-electron chi connectivity index (χ2n) is 4.68. The van der Waals surface area contributed by atoms with Crippen molar-refractivity contribution in [2.24, 2.45) is 0 Å². The Labute approximate surface area is 140 Å². The lowest BCUT2D eigenvalue weighted by molar-refractivity contribution is -0.121. The van der Waals surface area contributed by atoms with E-state index in [1.807, 2.05) is 31.2 Å². The van der Waals surface area contributed by atoms with Crippen LogP contribution in [0.4, 0.5) is 0 Å². The third kappa shape index (κ3) is 3.62. The number of thioether (sulfide) groups is 1. The number of thiocarbonyl (C=S) groups is 1. The number of hydrogen-bond acceptors (Lipinski definition) is 5. The van der Waals surface area contributed by atoms with E-state index in [2.05, 4.69) is 6.92 Å². The van der Waals surface area contributed by atoms with Crippen molar-refractivity contribution in [2.75, 3.05) is 20.3 Å². The number of benzene rings is 1. The van der Waals surface area contributed by atoms with Gasteiger partial charge in [-0.05, 0) is 37.1 Å². The molecule has 1 heterocycles. The first-order valence-electron chi connectivity index (χ1n) is 7.16. The quantitative estimate of drug-likeness (QED) is 0.584.